The summed E-state index contributed by atoms with van der Waals surface area (Å²) in [4.78, 5) is 0. The lowest BCUT2D eigenvalue weighted by atomic mass is 9.84. The van der Waals surface area contributed by atoms with Gasteiger partial charge in [-0.25, -0.2) is 0 Å². The lowest BCUT2D eigenvalue weighted by molar-refractivity contribution is 0.591. The summed E-state index contributed by atoms with van der Waals surface area (Å²) in [6, 6.07) is 36.6. The summed E-state index contributed by atoms with van der Waals surface area (Å²) in [7, 11) is 0. The molecule has 0 atom stereocenters. The van der Waals surface area contributed by atoms with Crippen molar-refractivity contribution in [3.63, 3.8) is 0 Å². The first-order valence-electron chi connectivity index (χ1n) is 14.1. The van der Waals surface area contributed by atoms with Crippen LogP contribution in [0.2, 0.25) is 0 Å². The summed E-state index contributed by atoms with van der Waals surface area (Å²) in [6.07, 6.45) is 6.55. The molecule has 0 amide bonds. The van der Waals surface area contributed by atoms with Crippen LogP contribution in [0.1, 0.15) is 68.2 Å². The zero-order valence-electron chi connectivity index (χ0n) is 23.2. The molecule has 0 N–H and O–H groups in total. The molecule has 1 aliphatic carbocycles. The number of allylic oxidation sites excluding steroid dienone is 1. The molecule has 0 unspecified atom stereocenters. The van der Waals surface area contributed by atoms with Gasteiger partial charge in [0.05, 0.1) is 0 Å². The van der Waals surface area contributed by atoms with Crippen molar-refractivity contribution < 1.29 is 4.42 Å². The van der Waals surface area contributed by atoms with Gasteiger partial charge in [0.15, 0.2) is 0 Å². The molecule has 6 rings (SSSR count). The molecule has 5 aromatic rings. The van der Waals surface area contributed by atoms with Crippen molar-refractivity contribution in [3.8, 4) is 44.9 Å². The normalized spacial score (nSPS) is 12.6. The number of hydrogen-bond donors (Lipinski definition) is 0. The molecule has 0 saturated heterocycles. The largest absolute Gasteiger partial charge is 0.455 e. The van der Waals surface area contributed by atoms with Crippen molar-refractivity contribution in [3.05, 3.63) is 125 Å². The van der Waals surface area contributed by atoms with Crippen LogP contribution >= 0.6 is 0 Å². The van der Waals surface area contributed by atoms with Crippen LogP contribution in [0.15, 0.2) is 95.4 Å². The van der Waals surface area contributed by atoms with E-state index in [2.05, 4.69) is 125 Å². The van der Waals surface area contributed by atoms with Crippen LogP contribution in [0.4, 0.5) is 0 Å². The molecule has 1 aliphatic rings. The lowest BCUT2D eigenvalue weighted by Crippen LogP contribution is -2.01. The Morgan fingerprint density at radius 2 is 1.41 bits per heavy atom. The van der Waals surface area contributed by atoms with Gasteiger partial charge in [-0.3, -0.25) is 0 Å². The fourth-order valence-electron chi connectivity index (χ4n) is 5.94. The molecular weight excluding hydrogens is 472 g/mol. The number of fused-ring (bicyclic) bond motifs is 1. The van der Waals surface area contributed by atoms with Crippen LogP contribution in [0.3, 0.4) is 0 Å². The van der Waals surface area contributed by atoms with Gasteiger partial charge >= 0.3 is 0 Å². The Labute approximate surface area is 232 Å². The van der Waals surface area contributed by atoms with Gasteiger partial charge in [-0.2, -0.15) is 0 Å². The minimum Gasteiger partial charge on any atom is -0.455 e. The van der Waals surface area contributed by atoms with Crippen molar-refractivity contribution in [1.29, 1.82) is 0 Å². The minimum absolute atomic E-state index is 0.391. The Morgan fingerprint density at radius 3 is 2.10 bits per heavy atom. The van der Waals surface area contributed by atoms with E-state index in [4.69, 9.17) is 4.42 Å². The predicted molar refractivity (Wildman–Crippen MR) is 164 cm³/mol. The SMILES string of the molecule is CC(C)c1cccc(C(C)C)c1-c1oc(-c2cccc(-c3ccccc3)c2-c2c#cccc2)c2c1C=CCC2. The molecule has 0 bridgehead atoms. The molecule has 4 aromatic carbocycles. The van der Waals surface area contributed by atoms with E-state index in [0.29, 0.717) is 11.8 Å². The number of hydrogen-bond acceptors (Lipinski definition) is 1. The van der Waals surface area contributed by atoms with E-state index < -0.39 is 0 Å². The van der Waals surface area contributed by atoms with E-state index >= 15 is 0 Å². The van der Waals surface area contributed by atoms with Crippen LogP contribution < -0.4 is 0 Å². The quantitative estimate of drug-likeness (QED) is 0.223. The average Bonchev–Trinajstić information content (AvgIpc) is 3.36. The highest BCUT2D eigenvalue weighted by molar-refractivity contribution is 5.95. The van der Waals surface area contributed by atoms with Crippen LogP contribution in [-0.2, 0) is 6.42 Å². The van der Waals surface area contributed by atoms with E-state index in [-0.39, 0.29) is 0 Å². The summed E-state index contributed by atoms with van der Waals surface area (Å²) >= 11 is 0. The van der Waals surface area contributed by atoms with Gasteiger partial charge in [0.2, 0.25) is 0 Å². The fourth-order valence-corrected chi connectivity index (χ4v) is 5.94. The van der Waals surface area contributed by atoms with E-state index in [0.717, 1.165) is 41.1 Å². The van der Waals surface area contributed by atoms with Crippen molar-refractivity contribution in [2.45, 2.75) is 52.4 Å². The monoisotopic (exact) mass is 506 g/mol. The smallest absolute Gasteiger partial charge is 0.142 e. The van der Waals surface area contributed by atoms with E-state index in [1.165, 1.54) is 38.9 Å². The molecule has 1 heteroatoms. The van der Waals surface area contributed by atoms with Gasteiger partial charge in [0, 0.05) is 33.4 Å². The first-order valence-corrected chi connectivity index (χ1v) is 14.1. The van der Waals surface area contributed by atoms with Crippen molar-refractivity contribution in [2.75, 3.05) is 0 Å². The van der Waals surface area contributed by atoms with Gasteiger partial charge in [0.1, 0.15) is 11.5 Å². The molecule has 0 spiro atoms. The number of benzene rings is 3. The molecule has 0 saturated carbocycles. The Hall–Kier alpha value is -4.28. The zero-order chi connectivity index (χ0) is 26.9. The maximum absolute atomic E-state index is 7.10. The summed E-state index contributed by atoms with van der Waals surface area (Å²) in [6.45, 7) is 9.10. The van der Waals surface area contributed by atoms with Gasteiger partial charge in [-0.05, 0) is 59.1 Å². The third kappa shape index (κ3) is 4.51. The first kappa shape index (κ1) is 25.0. The highest BCUT2D eigenvalue weighted by Gasteiger charge is 2.28. The summed E-state index contributed by atoms with van der Waals surface area (Å²) in [5, 5.41) is 0. The van der Waals surface area contributed by atoms with Crippen molar-refractivity contribution in [1.82, 2.24) is 0 Å². The maximum Gasteiger partial charge on any atom is 0.142 e. The van der Waals surface area contributed by atoms with Crippen LogP contribution in [0, 0.1) is 12.1 Å². The molecule has 39 heavy (non-hydrogen) atoms. The Morgan fingerprint density at radius 1 is 0.692 bits per heavy atom. The molecule has 1 nitrogen and oxygen atoms in total. The Balaban J connectivity index is 1.67. The standard InChI is InChI=1S/C38H34O/c1-25(2)29-21-13-22-30(26(3)4)36(29)38-33-20-12-11-19-32(33)37(39-38)34-24-14-23-31(27-15-7-5-8-16-27)35(34)28-17-9-6-10-18-28/h5-9,12-17,20-26H,11,19H2,1-4H3. The highest BCUT2D eigenvalue weighted by atomic mass is 16.3. The predicted octanol–water partition coefficient (Wildman–Crippen LogP) is 10.8. The Kier molecular flexibility index (Phi) is 6.72. The molecule has 1 heterocycles. The molecule has 0 aliphatic heterocycles. The number of rotatable bonds is 6. The third-order valence-electron chi connectivity index (χ3n) is 7.81. The fraction of sp³-hybridized carbons (Fsp3) is 0.211. The van der Waals surface area contributed by atoms with Crippen LogP contribution in [-0.4, -0.2) is 0 Å². The van der Waals surface area contributed by atoms with Gasteiger partial charge in [-0.15, -0.1) is 0 Å². The minimum atomic E-state index is 0.391. The average molecular weight is 507 g/mol. The van der Waals surface area contributed by atoms with E-state index in [1.54, 1.807) is 0 Å². The summed E-state index contributed by atoms with van der Waals surface area (Å²) in [5.74, 6) is 2.76. The van der Waals surface area contributed by atoms with E-state index in [9.17, 15) is 0 Å². The highest BCUT2D eigenvalue weighted by Crippen LogP contribution is 2.48. The second kappa shape index (κ2) is 10.5. The lowest BCUT2D eigenvalue weighted by Gasteiger charge is -2.19. The number of furan rings is 1. The maximum atomic E-state index is 7.10. The molecular formula is C38H34O. The van der Waals surface area contributed by atoms with Gasteiger partial charge < -0.3 is 4.42 Å². The second-order valence-electron chi connectivity index (χ2n) is 11.0. The van der Waals surface area contributed by atoms with Crippen molar-refractivity contribution >= 4 is 6.08 Å². The van der Waals surface area contributed by atoms with E-state index in [1.807, 2.05) is 12.1 Å². The molecule has 192 valence electrons. The summed E-state index contributed by atoms with van der Waals surface area (Å²) < 4.78 is 7.10. The van der Waals surface area contributed by atoms with Crippen molar-refractivity contribution in [2.24, 2.45) is 0 Å². The van der Waals surface area contributed by atoms with Gasteiger partial charge in [0.25, 0.3) is 0 Å². The Bertz CT molecular complexity index is 1610. The molecule has 0 radical (unpaired) electrons. The molecule has 0 fully saturated rings. The van der Waals surface area contributed by atoms with Crippen LogP contribution in [0.5, 0.6) is 0 Å². The van der Waals surface area contributed by atoms with Crippen LogP contribution in [0.25, 0.3) is 51.0 Å². The molecule has 1 aromatic heterocycles. The summed E-state index contributed by atoms with van der Waals surface area (Å²) in [5.41, 5.74) is 12.1. The second-order valence-corrected chi connectivity index (χ2v) is 11.0. The topological polar surface area (TPSA) is 13.1 Å². The third-order valence-corrected chi connectivity index (χ3v) is 7.81. The zero-order valence-corrected chi connectivity index (χ0v) is 23.2. The van der Waals surface area contributed by atoms with Gasteiger partial charge in [-0.1, -0.05) is 125 Å². The first-order chi connectivity index (χ1) is 19.0.